The van der Waals surface area contributed by atoms with E-state index in [2.05, 4.69) is 30.3 Å². The third kappa shape index (κ3) is 3.24. The van der Waals surface area contributed by atoms with E-state index in [9.17, 15) is 4.79 Å². The number of hydrogen-bond acceptors (Lipinski definition) is 6. The van der Waals surface area contributed by atoms with Gasteiger partial charge >= 0.3 is 0 Å². The quantitative estimate of drug-likeness (QED) is 0.741. The minimum absolute atomic E-state index is 0.0295. The van der Waals surface area contributed by atoms with Gasteiger partial charge in [0, 0.05) is 56.6 Å². The number of pyridine rings is 1. The summed E-state index contributed by atoms with van der Waals surface area (Å²) in [6, 6.07) is 5.76. The van der Waals surface area contributed by atoms with Crippen molar-refractivity contribution in [3.8, 4) is 11.4 Å². The second-order valence-electron chi connectivity index (χ2n) is 7.62. The lowest BCUT2D eigenvalue weighted by Crippen LogP contribution is -2.31. The molecule has 8 nitrogen and oxygen atoms in total. The molecule has 148 valence electrons. The van der Waals surface area contributed by atoms with E-state index in [1.165, 1.54) is 19.3 Å². The Morgan fingerprint density at radius 3 is 2.59 bits per heavy atom. The predicted octanol–water partition coefficient (Wildman–Crippen LogP) is 2.74. The fraction of sp³-hybridized carbons (Fsp3) is 0.381. The van der Waals surface area contributed by atoms with Crippen LogP contribution in [-0.2, 0) is 11.8 Å². The third-order valence-corrected chi connectivity index (χ3v) is 5.69. The highest BCUT2D eigenvalue weighted by Crippen LogP contribution is 2.42. The highest BCUT2D eigenvalue weighted by molar-refractivity contribution is 5.96. The number of nitrogens with zero attached hydrogens (tertiary/aromatic N) is 6. The Morgan fingerprint density at radius 2 is 1.86 bits per heavy atom. The van der Waals surface area contributed by atoms with Crippen molar-refractivity contribution < 1.29 is 4.79 Å². The molecule has 3 aromatic rings. The number of aromatic nitrogens is 5. The molecule has 0 radical (unpaired) electrons. The van der Waals surface area contributed by atoms with Crippen LogP contribution in [0.3, 0.4) is 0 Å². The third-order valence-electron chi connectivity index (χ3n) is 5.69. The summed E-state index contributed by atoms with van der Waals surface area (Å²) in [5, 5.41) is 7.62. The van der Waals surface area contributed by atoms with Gasteiger partial charge in [0.15, 0.2) is 0 Å². The lowest BCUT2D eigenvalue weighted by molar-refractivity contribution is -0.116. The fourth-order valence-corrected chi connectivity index (χ4v) is 4.23. The first-order valence-electron chi connectivity index (χ1n) is 10.1. The van der Waals surface area contributed by atoms with Crippen molar-refractivity contribution in [3.05, 3.63) is 47.9 Å². The van der Waals surface area contributed by atoms with Gasteiger partial charge in [-0.2, -0.15) is 5.10 Å². The van der Waals surface area contributed by atoms with Crippen LogP contribution in [0.5, 0.6) is 0 Å². The summed E-state index contributed by atoms with van der Waals surface area (Å²) in [6.07, 6.45) is 9.44. The monoisotopic (exact) mass is 389 g/mol. The first-order chi connectivity index (χ1) is 14.2. The number of nitrogens with one attached hydrogen (secondary N) is 1. The number of hydrogen-bond donors (Lipinski definition) is 1. The van der Waals surface area contributed by atoms with E-state index in [0.717, 1.165) is 41.6 Å². The second kappa shape index (κ2) is 7.27. The van der Waals surface area contributed by atoms with Crippen LogP contribution in [0.1, 0.15) is 42.7 Å². The molecule has 3 aromatic heterocycles. The average molecular weight is 389 g/mol. The first-order valence-corrected chi connectivity index (χ1v) is 10.1. The fourth-order valence-electron chi connectivity index (χ4n) is 4.23. The Kier molecular flexibility index (Phi) is 4.46. The molecule has 29 heavy (non-hydrogen) atoms. The predicted molar refractivity (Wildman–Crippen MR) is 110 cm³/mol. The van der Waals surface area contributed by atoms with E-state index < -0.39 is 0 Å². The second-order valence-corrected chi connectivity index (χ2v) is 7.62. The maximum absolute atomic E-state index is 12.4. The number of fused-ring (bicyclic) bond motifs is 1. The Bertz CT molecular complexity index is 1020. The van der Waals surface area contributed by atoms with Gasteiger partial charge in [0.1, 0.15) is 11.5 Å². The van der Waals surface area contributed by atoms with Gasteiger partial charge in [-0.05, 0) is 37.0 Å². The average Bonchev–Trinajstić information content (AvgIpc) is 3.11. The molecular formula is C21H23N7O. The molecule has 2 aliphatic heterocycles. The first kappa shape index (κ1) is 17.8. The Labute approximate surface area is 169 Å². The molecule has 1 saturated heterocycles. The maximum atomic E-state index is 12.4. The molecule has 5 rings (SSSR count). The van der Waals surface area contributed by atoms with E-state index in [1.54, 1.807) is 10.9 Å². The number of aryl methyl sites for hydroxylation is 1. The highest BCUT2D eigenvalue weighted by Gasteiger charge is 2.34. The van der Waals surface area contributed by atoms with Crippen molar-refractivity contribution in [2.45, 2.75) is 31.6 Å². The van der Waals surface area contributed by atoms with Crippen molar-refractivity contribution in [2.24, 2.45) is 7.05 Å². The molecule has 1 atom stereocenters. The molecule has 1 unspecified atom stereocenters. The SMILES string of the molecule is Cn1nc(-c2ccccn2)c2c1NC(=O)CC2c1cnc(N2CCCCC2)nc1. The number of rotatable bonds is 3. The number of piperidine rings is 1. The van der Waals surface area contributed by atoms with Crippen LogP contribution in [0.2, 0.25) is 0 Å². The van der Waals surface area contributed by atoms with Crippen LogP contribution in [0.4, 0.5) is 11.8 Å². The van der Waals surface area contributed by atoms with E-state index in [4.69, 9.17) is 0 Å². The number of amides is 1. The van der Waals surface area contributed by atoms with Crippen molar-refractivity contribution in [1.29, 1.82) is 0 Å². The van der Waals surface area contributed by atoms with Crippen molar-refractivity contribution in [2.75, 3.05) is 23.3 Å². The van der Waals surface area contributed by atoms with Gasteiger partial charge < -0.3 is 10.2 Å². The maximum Gasteiger partial charge on any atom is 0.226 e. The number of carbonyl (C=O) groups is 1. The van der Waals surface area contributed by atoms with E-state index in [-0.39, 0.29) is 11.8 Å². The zero-order valence-electron chi connectivity index (χ0n) is 16.4. The zero-order valence-corrected chi connectivity index (χ0v) is 16.4. The Balaban J connectivity index is 1.54. The smallest absolute Gasteiger partial charge is 0.226 e. The molecule has 5 heterocycles. The summed E-state index contributed by atoms with van der Waals surface area (Å²) >= 11 is 0. The molecule has 0 bridgehead atoms. The molecule has 8 heteroatoms. The molecule has 0 aliphatic carbocycles. The molecule has 0 spiro atoms. The van der Waals surface area contributed by atoms with Gasteiger partial charge in [0.25, 0.3) is 0 Å². The van der Waals surface area contributed by atoms with Crippen LogP contribution in [-0.4, -0.2) is 43.7 Å². The summed E-state index contributed by atoms with van der Waals surface area (Å²) in [5.41, 5.74) is 3.47. The summed E-state index contributed by atoms with van der Waals surface area (Å²) < 4.78 is 1.71. The summed E-state index contributed by atoms with van der Waals surface area (Å²) in [4.78, 5) is 28.4. The molecule has 0 saturated carbocycles. The molecule has 1 amide bonds. The van der Waals surface area contributed by atoms with Gasteiger partial charge in [-0.25, -0.2) is 9.97 Å². The number of anilines is 2. The van der Waals surface area contributed by atoms with Gasteiger partial charge in [-0.1, -0.05) is 6.07 Å². The van der Waals surface area contributed by atoms with Crippen LogP contribution < -0.4 is 10.2 Å². The highest BCUT2D eigenvalue weighted by atomic mass is 16.1. The van der Waals surface area contributed by atoms with E-state index in [0.29, 0.717) is 12.2 Å². The molecule has 1 N–H and O–H groups in total. The van der Waals surface area contributed by atoms with Crippen molar-refractivity contribution in [1.82, 2.24) is 24.7 Å². The van der Waals surface area contributed by atoms with Gasteiger partial charge in [0.2, 0.25) is 11.9 Å². The molecule has 0 aromatic carbocycles. The van der Waals surface area contributed by atoms with Gasteiger partial charge in [0.05, 0.1) is 5.69 Å². The lowest BCUT2D eigenvalue weighted by atomic mass is 9.86. The van der Waals surface area contributed by atoms with Crippen LogP contribution in [0.15, 0.2) is 36.8 Å². The standard InChI is InChI=1S/C21H23N7O/c1-27-20-18(19(26-27)16-7-3-4-8-22-16)15(11-17(29)25-20)14-12-23-21(24-13-14)28-9-5-2-6-10-28/h3-4,7-8,12-13,15H,2,5-6,9-11H2,1H3,(H,25,29). The normalized spacial score (nSPS) is 19.0. The Morgan fingerprint density at radius 1 is 1.07 bits per heavy atom. The lowest BCUT2D eigenvalue weighted by Gasteiger charge is -2.27. The van der Waals surface area contributed by atoms with Crippen molar-refractivity contribution >= 4 is 17.7 Å². The summed E-state index contributed by atoms with van der Waals surface area (Å²) in [7, 11) is 1.84. The van der Waals surface area contributed by atoms with Crippen LogP contribution in [0.25, 0.3) is 11.4 Å². The van der Waals surface area contributed by atoms with Crippen LogP contribution >= 0.6 is 0 Å². The van der Waals surface area contributed by atoms with Crippen molar-refractivity contribution in [3.63, 3.8) is 0 Å². The van der Waals surface area contributed by atoms with Crippen LogP contribution in [0, 0.1) is 0 Å². The topological polar surface area (TPSA) is 88.8 Å². The summed E-state index contributed by atoms with van der Waals surface area (Å²) in [6.45, 7) is 2.00. The minimum atomic E-state index is -0.153. The zero-order chi connectivity index (χ0) is 19.8. The van der Waals surface area contributed by atoms with Gasteiger partial charge in [-0.15, -0.1) is 0 Å². The van der Waals surface area contributed by atoms with Gasteiger partial charge in [-0.3, -0.25) is 14.5 Å². The molecular weight excluding hydrogens is 366 g/mol. The number of carbonyl (C=O) groups excluding carboxylic acids is 1. The largest absolute Gasteiger partial charge is 0.341 e. The summed E-state index contributed by atoms with van der Waals surface area (Å²) in [5.74, 6) is 1.30. The molecule has 2 aliphatic rings. The van der Waals surface area contributed by atoms with E-state index in [1.807, 2.05) is 37.6 Å². The molecule has 1 fully saturated rings. The minimum Gasteiger partial charge on any atom is -0.341 e. The van der Waals surface area contributed by atoms with E-state index >= 15 is 0 Å². The Hall–Kier alpha value is -3.29.